The summed E-state index contributed by atoms with van der Waals surface area (Å²) >= 11 is 0. The van der Waals surface area contributed by atoms with E-state index in [4.69, 9.17) is 0 Å². The van der Waals surface area contributed by atoms with Crippen molar-refractivity contribution in [2.45, 2.75) is 57.9 Å². The van der Waals surface area contributed by atoms with Crippen LogP contribution in [0.15, 0.2) is 24.3 Å². The number of phenols is 2. The van der Waals surface area contributed by atoms with Gasteiger partial charge in [-0.15, -0.1) is 0 Å². The first-order valence-electron chi connectivity index (χ1n) is 11.9. The van der Waals surface area contributed by atoms with Gasteiger partial charge in [-0.3, -0.25) is 0 Å². The van der Waals surface area contributed by atoms with Crippen LogP contribution in [0.25, 0.3) is 11.1 Å². The zero-order valence-electron chi connectivity index (χ0n) is 23.2. The van der Waals surface area contributed by atoms with Crippen molar-refractivity contribution in [3.8, 4) is 22.6 Å². The third-order valence-corrected chi connectivity index (χ3v) is 15.5. The van der Waals surface area contributed by atoms with E-state index < -0.39 is 117 Å². The van der Waals surface area contributed by atoms with Crippen LogP contribution in [0.3, 0.4) is 0 Å². The fourth-order valence-corrected chi connectivity index (χ4v) is 10.9. The van der Waals surface area contributed by atoms with Crippen LogP contribution in [0, 0.1) is 13.8 Å². The van der Waals surface area contributed by atoms with E-state index in [-0.39, 0.29) is 11.1 Å². The summed E-state index contributed by atoms with van der Waals surface area (Å²) in [6.45, 7) is 1.93. The molecule has 0 aliphatic heterocycles. The molecule has 48 heavy (non-hydrogen) atoms. The Labute approximate surface area is 262 Å². The lowest BCUT2D eigenvalue weighted by Crippen LogP contribution is -2.46. The number of phenolic OH excluding ortho intramolecular Hbond substituents is 2. The van der Waals surface area contributed by atoms with Gasteiger partial charge in [0, 0.05) is 24.0 Å². The van der Waals surface area contributed by atoms with E-state index in [2.05, 4.69) is 0 Å². The molecule has 0 bridgehead atoms. The van der Waals surface area contributed by atoms with Gasteiger partial charge in [0.1, 0.15) is 11.5 Å². The molecule has 0 fully saturated rings. The van der Waals surface area contributed by atoms with Crippen LogP contribution in [0.1, 0.15) is 22.3 Å². The Morgan fingerprint density at radius 3 is 0.875 bits per heavy atom. The quantitative estimate of drug-likeness (QED) is 0.334. The molecule has 0 saturated carbocycles. The minimum Gasteiger partial charge on any atom is -0.507 e. The van der Waals surface area contributed by atoms with E-state index >= 15 is 0 Å². The lowest BCUT2D eigenvalue weighted by Gasteiger charge is -2.23. The lowest BCUT2D eigenvalue weighted by atomic mass is 9.93. The fourth-order valence-electron chi connectivity index (χ4n) is 4.16. The molecule has 2 aromatic rings. The molecule has 0 amide bonds. The van der Waals surface area contributed by atoms with Gasteiger partial charge in [0.25, 0.3) is 39.3 Å². The highest BCUT2D eigenvalue weighted by Gasteiger charge is 2.64. The molecular weight excluding hydrogens is 780 g/mol. The standard InChI is InChI=1S/C22H18F12O10S4/c1-9-3-11(7-15(45(37,38)19(23,24)25)46(39,40)20(26,27)28)17(35)13(5-9)14-6-10(2)4-12(18(14)36)8-16(47(41,42)21(29,30)31)48(43,44)22(32,33)34/h3-6,15-16,35-36H,7-8H2,1-2H3. The Kier molecular flexibility index (Phi) is 10.6. The van der Waals surface area contributed by atoms with Gasteiger partial charge in [-0.2, -0.15) is 52.7 Å². The molecule has 0 heterocycles. The summed E-state index contributed by atoms with van der Waals surface area (Å²) in [7, 11) is -29.0. The van der Waals surface area contributed by atoms with Gasteiger partial charge in [0.05, 0.1) is 0 Å². The summed E-state index contributed by atoms with van der Waals surface area (Å²) in [6, 6.07) is 2.44. The molecule has 0 spiro atoms. The van der Waals surface area contributed by atoms with Crippen molar-refractivity contribution < 1.29 is 96.6 Å². The van der Waals surface area contributed by atoms with Crippen LogP contribution in [-0.4, -0.2) is 75.1 Å². The van der Waals surface area contributed by atoms with Crippen molar-refractivity contribution in [1.82, 2.24) is 0 Å². The summed E-state index contributed by atoms with van der Waals surface area (Å²) in [5.41, 5.74) is -31.6. The molecule has 0 aliphatic rings. The zero-order chi connectivity index (χ0) is 38.0. The van der Waals surface area contributed by atoms with Crippen molar-refractivity contribution in [3.05, 3.63) is 46.5 Å². The normalized spacial score (nSPS) is 14.6. The monoisotopic (exact) mass is 798 g/mol. The Bertz CT molecular complexity index is 1790. The second-order valence-electron chi connectivity index (χ2n) is 9.87. The van der Waals surface area contributed by atoms with Gasteiger partial charge < -0.3 is 10.2 Å². The maximum atomic E-state index is 13.2. The van der Waals surface area contributed by atoms with E-state index in [0.29, 0.717) is 12.1 Å². The SMILES string of the molecule is Cc1cc(CC(S(=O)(=O)C(F)(F)F)S(=O)(=O)C(F)(F)F)c(O)c(-c2cc(C)cc(CC(S(=O)(=O)C(F)(F)F)S(=O)(=O)C(F)(F)F)c2O)c1. The molecular formula is C22H18F12O10S4. The average Bonchev–Trinajstić information content (AvgIpc) is 2.85. The molecule has 0 unspecified atom stereocenters. The average molecular weight is 799 g/mol. The largest absolute Gasteiger partial charge is 0.507 e. The highest BCUT2D eigenvalue weighted by Crippen LogP contribution is 2.45. The summed E-state index contributed by atoms with van der Waals surface area (Å²) in [4.78, 5) is 0. The number of halogens is 12. The molecule has 10 nitrogen and oxygen atoms in total. The van der Waals surface area contributed by atoms with Crippen LogP contribution < -0.4 is 0 Å². The second-order valence-corrected chi connectivity index (χ2v) is 19.0. The van der Waals surface area contributed by atoms with Crippen molar-refractivity contribution >= 4 is 39.3 Å². The minimum absolute atomic E-state index is 0.343. The van der Waals surface area contributed by atoms with E-state index in [9.17, 15) is 96.6 Å². The maximum absolute atomic E-state index is 13.2. The van der Waals surface area contributed by atoms with Crippen molar-refractivity contribution in [1.29, 1.82) is 0 Å². The molecule has 0 radical (unpaired) electrons. The molecule has 0 atom stereocenters. The van der Waals surface area contributed by atoms with Crippen LogP contribution in [0.2, 0.25) is 0 Å². The number of alkyl halides is 12. The molecule has 2 N–H and O–H groups in total. The first-order chi connectivity index (χ1) is 21.0. The molecule has 0 aliphatic carbocycles. The van der Waals surface area contributed by atoms with E-state index in [1.165, 1.54) is 0 Å². The number of rotatable bonds is 9. The van der Waals surface area contributed by atoms with Crippen molar-refractivity contribution in [3.63, 3.8) is 0 Å². The fraction of sp³-hybridized carbons (Fsp3) is 0.455. The smallest absolute Gasteiger partial charge is 0.498 e. The van der Waals surface area contributed by atoms with Gasteiger partial charge in [0.15, 0.2) is 9.16 Å². The summed E-state index contributed by atoms with van der Waals surface area (Å²) in [5, 5.41) is 21.5. The summed E-state index contributed by atoms with van der Waals surface area (Å²) in [5.74, 6) is -3.12. The summed E-state index contributed by atoms with van der Waals surface area (Å²) < 4.78 is 246. The zero-order valence-corrected chi connectivity index (χ0v) is 26.5. The Morgan fingerprint density at radius 2 is 0.688 bits per heavy atom. The number of hydrogen-bond acceptors (Lipinski definition) is 10. The highest BCUT2D eigenvalue weighted by atomic mass is 32.3. The Hall–Kier alpha value is -3.00. The Morgan fingerprint density at radius 1 is 0.479 bits per heavy atom. The van der Waals surface area contributed by atoms with E-state index in [1.807, 2.05) is 0 Å². The molecule has 274 valence electrons. The highest BCUT2D eigenvalue weighted by molar-refractivity contribution is 8.10. The topological polar surface area (TPSA) is 177 Å². The molecule has 0 aromatic heterocycles. The predicted octanol–water partition coefficient (Wildman–Crippen LogP) is 4.86. The number of aromatic hydroxyl groups is 2. The predicted molar refractivity (Wildman–Crippen MR) is 140 cm³/mol. The van der Waals surface area contributed by atoms with Gasteiger partial charge in [-0.25, -0.2) is 33.7 Å². The van der Waals surface area contributed by atoms with Crippen LogP contribution in [0.5, 0.6) is 11.5 Å². The van der Waals surface area contributed by atoms with Gasteiger partial charge in [-0.05, 0) is 48.2 Å². The lowest BCUT2D eigenvalue weighted by molar-refractivity contribution is -0.0483. The van der Waals surface area contributed by atoms with Gasteiger partial charge in [-0.1, -0.05) is 12.1 Å². The summed E-state index contributed by atoms with van der Waals surface area (Å²) in [6.07, 6.45) is -4.53. The molecule has 2 aromatic carbocycles. The van der Waals surface area contributed by atoms with Crippen molar-refractivity contribution in [2.24, 2.45) is 0 Å². The van der Waals surface area contributed by atoms with Gasteiger partial charge >= 0.3 is 22.0 Å². The van der Waals surface area contributed by atoms with Crippen LogP contribution in [0.4, 0.5) is 52.7 Å². The number of sulfone groups is 4. The molecule has 26 heteroatoms. The maximum Gasteiger partial charge on any atom is 0.498 e. The molecule has 2 rings (SSSR count). The number of aryl methyl sites for hydroxylation is 2. The van der Waals surface area contributed by atoms with E-state index in [0.717, 1.165) is 26.0 Å². The van der Waals surface area contributed by atoms with Crippen molar-refractivity contribution in [2.75, 3.05) is 0 Å². The number of benzene rings is 2. The minimum atomic E-state index is -7.24. The first kappa shape index (κ1) is 41.2. The Balaban J connectivity index is 2.94. The van der Waals surface area contributed by atoms with Crippen LogP contribution in [-0.2, 0) is 52.2 Å². The van der Waals surface area contributed by atoms with Crippen LogP contribution >= 0.6 is 0 Å². The van der Waals surface area contributed by atoms with Gasteiger partial charge in [0.2, 0.25) is 0 Å². The van der Waals surface area contributed by atoms with E-state index in [1.54, 1.807) is 0 Å². The first-order valence-corrected chi connectivity index (χ1v) is 18.1. The third-order valence-electron chi connectivity index (χ3n) is 6.40. The number of hydrogen-bond donors (Lipinski definition) is 2. The molecule has 0 saturated heterocycles. The third kappa shape index (κ3) is 7.44. The second kappa shape index (κ2) is 12.4.